The Bertz CT molecular complexity index is 551. The summed E-state index contributed by atoms with van der Waals surface area (Å²) in [5, 5.41) is 1.74. The number of hydrogen-bond donors (Lipinski definition) is 2. The maximum Gasteiger partial charge on any atom is 0.222 e. The molecule has 2 heterocycles. The molecule has 1 aromatic rings. The number of aromatic amines is 1. The molecule has 1 saturated heterocycles. The third-order valence-electron chi connectivity index (χ3n) is 3.36. The van der Waals surface area contributed by atoms with Crippen molar-refractivity contribution in [3.63, 3.8) is 0 Å². The summed E-state index contributed by atoms with van der Waals surface area (Å²) in [5.41, 5.74) is 3.46. The summed E-state index contributed by atoms with van der Waals surface area (Å²) in [4.78, 5) is 41.5. The number of imidazole rings is 1. The number of allylic oxidation sites excluding steroid dienone is 1. The molecule has 2 rings (SSSR count). The van der Waals surface area contributed by atoms with Gasteiger partial charge in [-0.05, 0) is 31.9 Å². The molecule has 0 aliphatic carbocycles. The van der Waals surface area contributed by atoms with Gasteiger partial charge in [0.2, 0.25) is 11.6 Å². The summed E-state index contributed by atoms with van der Waals surface area (Å²) in [5.74, 6) is -1.07. The van der Waals surface area contributed by atoms with Crippen molar-refractivity contribution in [1.29, 1.82) is 0 Å². The number of nitrogens with one attached hydrogen (secondary N) is 2. The molecule has 0 aromatic carbocycles. The zero-order valence-electron chi connectivity index (χ0n) is 11.8. The van der Waals surface area contributed by atoms with E-state index in [0.717, 1.165) is 12.8 Å². The monoisotopic (exact) mass is 290 g/mol. The normalized spacial score (nSPS) is 19.2. The predicted octanol–water partition coefficient (Wildman–Crippen LogP) is 0.119. The quantitative estimate of drug-likeness (QED) is 0.547. The van der Waals surface area contributed by atoms with E-state index in [4.69, 9.17) is 0 Å². The van der Waals surface area contributed by atoms with Gasteiger partial charge < -0.3 is 4.98 Å². The van der Waals surface area contributed by atoms with Gasteiger partial charge in [-0.3, -0.25) is 14.4 Å². The van der Waals surface area contributed by atoms with Crippen LogP contribution in [-0.2, 0) is 14.4 Å². The van der Waals surface area contributed by atoms with Crippen molar-refractivity contribution >= 4 is 23.4 Å². The number of H-pyrrole nitrogens is 1. The largest absolute Gasteiger partial charge is 0.351 e. The molecular formula is C14H18N4O3. The van der Waals surface area contributed by atoms with Gasteiger partial charge >= 0.3 is 0 Å². The fourth-order valence-electron chi connectivity index (χ4n) is 2.26. The number of Topliss-reactive ketones (excluding diaryl/α,β-unsaturated/α-hetero) is 2. The third kappa shape index (κ3) is 4.17. The number of carbonyl (C=O) groups excluding carboxylic acids is 3. The first kappa shape index (κ1) is 15.3. The highest BCUT2D eigenvalue weighted by molar-refractivity contribution is 6.42. The van der Waals surface area contributed by atoms with Crippen LogP contribution in [0.3, 0.4) is 0 Å². The standard InChI is InChI=1S/C14H18N4O3/c1-10(19)12-3-2-6-18(12)17-8-14(21)13(20)5-4-11-7-15-9-16-11/h4-5,7,9,12,17H,2-3,6,8H2,1H3,(H,15,16)/b5-4+/t12-/m0/s1. The Labute approximate surface area is 122 Å². The van der Waals surface area contributed by atoms with Crippen molar-refractivity contribution in [3.05, 3.63) is 24.3 Å². The molecule has 0 saturated carbocycles. The second kappa shape index (κ2) is 7.05. The zero-order valence-corrected chi connectivity index (χ0v) is 11.8. The molecule has 112 valence electrons. The van der Waals surface area contributed by atoms with Crippen LogP contribution < -0.4 is 5.43 Å². The smallest absolute Gasteiger partial charge is 0.222 e. The molecule has 0 bridgehead atoms. The summed E-state index contributed by atoms with van der Waals surface area (Å²) in [6.45, 7) is 2.13. The van der Waals surface area contributed by atoms with Crippen molar-refractivity contribution < 1.29 is 14.4 Å². The molecule has 0 spiro atoms. The lowest BCUT2D eigenvalue weighted by Gasteiger charge is -2.22. The molecule has 2 N–H and O–H groups in total. The topological polar surface area (TPSA) is 95.2 Å². The number of carbonyl (C=O) groups is 3. The van der Waals surface area contributed by atoms with Crippen LogP contribution in [0, 0.1) is 0 Å². The molecule has 7 nitrogen and oxygen atoms in total. The van der Waals surface area contributed by atoms with Crippen molar-refractivity contribution in [1.82, 2.24) is 20.4 Å². The van der Waals surface area contributed by atoms with E-state index in [1.54, 1.807) is 11.2 Å². The van der Waals surface area contributed by atoms with Crippen molar-refractivity contribution in [2.75, 3.05) is 13.1 Å². The van der Waals surface area contributed by atoms with Gasteiger partial charge in [0, 0.05) is 12.7 Å². The van der Waals surface area contributed by atoms with Gasteiger partial charge in [0.25, 0.3) is 0 Å². The van der Waals surface area contributed by atoms with Gasteiger partial charge in [0.1, 0.15) is 5.78 Å². The minimum atomic E-state index is -0.593. The maximum absolute atomic E-state index is 11.7. The van der Waals surface area contributed by atoms with E-state index >= 15 is 0 Å². The van der Waals surface area contributed by atoms with Crippen molar-refractivity contribution in [2.45, 2.75) is 25.8 Å². The van der Waals surface area contributed by atoms with E-state index in [1.807, 2.05) is 0 Å². The summed E-state index contributed by atoms with van der Waals surface area (Å²) in [7, 11) is 0. The minimum Gasteiger partial charge on any atom is -0.351 e. The number of hydrogen-bond acceptors (Lipinski definition) is 6. The van der Waals surface area contributed by atoms with Crippen LogP contribution in [0.5, 0.6) is 0 Å². The molecule has 1 aromatic heterocycles. The highest BCUT2D eigenvalue weighted by atomic mass is 16.2. The zero-order chi connectivity index (χ0) is 15.2. The van der Waals surface area contributed by atoms with Crippen LogP contribution >= 0.6 is 0 Å². The van der Waals surface area contributed by atoms with Crippen LogP contribution in [0.1, 0.15) is 25.5 Å². The lowest BCUT2D eigenvalue weighted by atomic mass is 10.1. The van der Waals surface area contributed by atoms with Crippen LogP contribution in [-0.4, -0.2) is 51.5 Å². The molecule has 21 heavy (non-hydrogen) atoms. The lowest BCUT2D eigenvalue weighted by Crippen LogP contribution is -2.47. The van der Waals surface area contributed by atoms with Gasteiger partial charge in [-0.15, -0.1) is 0 Å². The van der Waals surface area contributed by atoms with E-state index in [-0.39, 0.29) is 18.4 Å². The van der Waals surface area contributed by atoms with E-state index in [1.165, 1.54) is 25.4 Å². The maximum atomic E-state index is 11.7. The van der Waals surface area contributed by atoms with Gasteiger partial charge in [-0.1, -0.05) is 0 Å². The summed E-state index contributed by atoms with van der Waals surface area (Å²) in [6.07, 6.45) is 7.47. The number of hydrazine groups is 1. The first-order valence-corrected chi connectivity index (χ1v) is 6.82. The first-order valence-electron chi connectivity index (χ1n) is 6.82. The van der Waals surface area contributed by atoms with Crippen LogP contribution in [0.4, 0.5) is 0 Å². The average molecular weight is 290 g/mol. The number of ketones is 3. The third-order valence-corrected chi connectivity index (χ3v) is 3.36. The van der Waals surface area contributed by atoms with E-state index in [2.05, 4.69) is 15.4 Å². The van der Waals surface area contributed by atoms with Crippen LogP contribution in [0.15, 0.2) is 18.6 Å². The van der Waals surface area contributed by atoms with Gasteiger partial charge in [-0.25, -0.2) is 15.4 Å². The number of aromatic nitrogens is 2. The van der Waals surface area contributed by atoms with Crippen molar-refractivity contribution in [2.24, 2.45) is 0 Å². The Kier molecular flexibility index (Phi) is 5.13. The summed E-state index contributed by atoms with van der Waals surface area (Å²) in [6, 6.07) is -0.201. The van der Waals surface area contributed by atoms with Gasteiger partial charge in [0.15, 0.2) is 0 Å². The molecule has 0 radical (unpaired) electrons. The van der Waals surface area contributed by atoms with Crippen LogP contribution in [0.25, 0.3) is 6.08 Å². The fourth-order valence-corrected chi connectivity index (χ4v) is 2.26. The predicted molar refractivity (Wildman–Crippen MR) is 76.0 cm³/mol. The molecule has 1 atom stereocenters. The highest BCUT2D eigenvalue weighted by Crippen LogP contribution is 2.15. The SMILES string of the molecule is CC(=O)[C@@H]1CCCN1NCC(=O)C(=O)/C=C/c1c[nH]cn1. The molecule has 0 unspecified atom stereocenters. The molecular weight excluding hydrogens is 272 g/mol. The van der Waals surface area contributed by atoms with Crippen molar-refractivity contribution in [3.8, 4) is 0 Å². The lowest BCUT2D eigenvalue weighted by molar-refractivity contribution is -0.134. The highest BCUT2D eigenvalue weighted by Gasteiger charge is 2.28. The Hall–Kier alpha value is -2.12. The van der Waals surface area contributed by atoms with E-state index < -0.39 is 11.6 Å². The molecule has 1 aliphatic rings. The van der Waals surface area contributed by atoms with Gasteiger partial charge in [-0.2, -0.15) is 0 Å². The molecule has 1 fully saturated rings. The van der Waals surface area contributed by atoms with E-state index in [9.17, 15) is 14.4 Å². The second-order valence-corrected chi connectivity index (χ2v) is 4.91. The number of rotatable bonds is 7. The minimum absolute atomic E-state index is 0.0669. The average Bonchev–Trinajstić information content (AvgIpc) is 3.12. The number of nitrogens with zero attached hydrogens (tertiary/aromatic N) is 2. The van der Waals surface area contributed by atoms with E-state index in [0.29, 0.717) is 12.2 Å². The second-order valence-electron chi connectivity index (χ2n) is 4.91. The molecule has 7 heteroatoms. The molecule has 1 aliphatic heterocycles. The fraction of sp³-hybridized carbons (Fsp3) is 0.429. The Balaban J connectivity index is 1.81. The Morgan fingerprint density at radius 1 is 1.52 bits per heavy atom. The first-order chi connectivity index (χ1) is 10.1. The van der Waals surface area contributed by atoms with Crippen LogP contribution in [0.2, 0.25) is 0 Å². The summed E-state index contributed by atoms with van der Waals surface area (Å²) >= 11 is 0. The summed E-state index contributed by atoms with van der Waals surface area (Å²) < 4.78 is 0. The Morgan fingerprint density at radius 2 is 2.33 bits per heavy atom. The molecule has 0 amide bonds. The van der Waals surface area contributed by atoms with Gasteiger partial charge in [0.05, 0.1) is 24.6 Å². The Morgan fingerprint density at radius 3 is 3.00 bits per heavy atom.